The van der Waals surface area contributed by atoms with Crippen molar-refractivity contribution in [2.75, 3.05) is 10.6 Å². The second-order valence-corrected chi connectivity index (χ2v) is 10.5. The summed E-state index contributed by atoms with van der Waals surface area (Å²) in [5.41, 5.74) is 1.25. The Hall–Kier alpha value is -4.30. The van der Waals surface area contributed by atoms with E-state index in [1.54, 1.807) is 26.0 Å². The van der Waals surface area contributed by atoms with Gasteiger partial charge < -0.3 is 24.9 Å². The summed E-state index contributed by atoms with van der Waals surface area (Å²) >= 11 is 0. The zero-order chi connectivity index (χ0) is 28.5. The number of carbonyl (C=O) groups is 2. The van der Waals surface area contributed by atoms with E-state index in [9.17, 15) is 36.3 Å². The Labute approximate surface area is 219 Å². The molecule has 10 nitrogen and oxygen atoms in total. The van der Waals surface area contributed by atoms with Gasteiger partial charge in [0.2, 0.25) is 10.0 Å². The molecule has 206 valence electrons. The topological polar surface area (TPSA) is 147 Å². The van der Waals surface area contributed by atoms with Gasteiger partial charge in [0.15, 0.2) is 0 Å². The second-order valence-electron chi connectivity index (χ2n) is 8.80. The molecule has 4 rings (SSSR count). The number of benzene rings is 3. The van der Waals surface area contributed by atoms with Crippen LogP contribution in [0.3, 0.4) is 0 Å². The lowest BCUT2D eigenvalue weighted by atomic mass is 10.1. The minimum absolute atomic E-state index is 0.141. The summed E-state index contributed by atoms with van der Waals surface area (Å²) < 4.78 is 74.3. The number of carboxylic acid groups (broad SMARTS) is 1. The summed E-state index contributed by atoms with van der Waals surface area (Å²) in [5, 5.41) is 15.4. The highest BCUT2D eigenvalue weighted by Gasteiger charge is 2.31. The fourth-order valence-corrected chi connectivity index (χ4v) is 5.11. The number of furan rings is 1. The zero-order valence-corrected chi connectivity index (χ0v) is 21.2. The van der Waals surface area contributed by atoms with Gasteiger partial charge in [0.1, 0.15) is 23.0 Å². The number of nitrogens with one attached hydrogen (secondary N) is 3. The Balaban J connectivity index is 1.51. The smallest absolute Gasteiger partial charge is 0.480 e. The van der Waals surface area contributed by atoms with Crippen LogP contribution < -0.4 is 20.1 Å². The first-order valence-electron chi connectivity index (χ1n) is 11.4. The van der Waals surface area contributed by atoms with Crippen LogP contribution >= 0.6 is 0 Å². The summed E-state index contributed by atoms with van der Waals surface area (Å²) in [6, 6.07) is 11.4. The van der Waals surface area contributed by atoms with Crippen LogP contribution in [-0.4, -0.2) is 37.9 Å². The van der Waals surface area contributed by atoms with Crippen molar-refractivity contribution in [3.8, 4) is 5.75 Å². The molecule has 0 saturated heterocycles. The number of carbonyl (C=O) groups excluding carboxylic acids is 1. The Kier molecular flexibility index (Phi) is 7.44. The highest BCUT2D eigenvalue weighted by atomic mass is 32.2. The number of alkyl halides is 3. The van der Waals surface area contributed by atoms with Crippen LogP contribution in [-0.2, 0) is 14.8 Å². The van der Waals surface area contributed by atoms with E-state index in [2.05, 4.69) is 20.1 Å². The number of sulfonamides is 1. The monoisotopic (exact) mass is 565 g/mol. The third-order valence-electron chi connectivity index (χ3n) is 5.57. The molecule has 0 radical (unpaired) electrons. The van der Waals surface area contributed by atoms with E-state index >= 15 is 0 Å². The zero-order valence-electron chi connectivity index (χ0n) is 20.4. The van der Waals surface area contributed by atoms with Gasteiger partial charge in [0.25, 0.3) is 0 Å². The molecule has 39 heavy (non-hydrogen) atoms. The minimum atomic E-state index is -4.83. The highest BCUT2D eigenvalue weighted by molar-refractivity contribution is 7.89. The first kappa shape index (κ1) is 27.7. The molecule has 1 atom stereocenters. The SMILES string of the molecule is CC(C)[C@H](NS(=O)(=O)c1ccc2oc3cc(NC(=O)Nc4ccc(OC(F)(F)F)cc4)ccc3c2c1)C(=O)O. The van der Waals surface area contributed by atoms with Crippen LogP contribution in [0.5, 0.6) is 5.75 Å². The van der Waals surface area contributed by atoms with Gasteiger partial charge in [-0.15, -0.1) is 13.2 Å². The Morgan fingerprint density at radius 1 is 0.897 bits per heavy atom. The molecule has 0 aliphatic rings. The van der Waals surface area contributed by atoms with Crippen LogP contribution in [0.25, 0.3) is 21.9 Å². The number of ether oxygens (including phenoxy) is 1. The number of hydrogen-bond donors (Lipinski definition) is 4. The number of hydrogen-bond acceptors (Lipinski definition) is 6. The van der Waals surface area contributed by atoms with Gasteiger partial charge in [-0.2, -0.15) is 4.72 Å². The van der Waals surface area contributed by atoms with Gasteiger partial charge in [-0.1, -0.05) is 13.8 Å². The van der Waals surface area contributed by atoms with E-state index in [1.165, 1.54) is 36.4 Å². The highest BCUT2D eigenvalue weighted by Crippen LogP contribution is 2.32. The van der Waals surface area contributed by atoms with Crippen molar-refractivity contribution in [1.29, 1.82) is 0 Å². The van der Waals surface area contributed by atoms with Crippen molar-refractivity contribution in [1.82, 2.24) is 4.72 Å². The van der Waals surface area contributed by atoms with E-state index in [0.29, 0.717) is 27.6 Å². The molecule has 1 aromatic heterocycles. The van der Waals surface area contributed by atoms with Crippen molar-refractivity contribution < 1.29 is 45.4 Å². The maximum atomic E-state index is 12.8. The molecule has 0 fully saturated rings. The van der Waals surface area contributed by atoms with Crippen molar-refractivity contribution in [3.63, 3.8) is 0 Å². The van der Waals surface area contributed by atoms with Gasteiger partial charge in [0.05, 0.1) is 4.90 Å². The lowest BCUT2D eigenvalue weighted by molar-refractivity contribution is -0.274. The normalized spacial score (nSPS) is 13.0. The molecule has 0 unspecified atom stereocenters. The number of urea groups is 1. The fraction of sp³-hybridized carbons (Fsp3) is 0.200. The Bertz CT molecular complexity index is 1650. The van der Waals surface area contributed by atoms with Crippen LogP contribution in [0.2, 0.25) is 0 Å². The van der Waals surface area contributed by atoms with E-state index in [4.69, 9.17) is 4.42 Å². The second kappa shape index (κ2) is 10.5. The fourth-order valence-electron chi connectivity index (χ4n) is 3.74. The number of carboxylic acids is 1. The Morgan fingerprint density at radius 3 is 2.15 bits per heavy atom. The molecule has 3 aromatic carbocycles. The molecule has 2 amide bonds. The maximum Gasteiger partial charge on any atom is 0.573 e. The van der Waals surface area contributed by atoms with Crippen molar-refractivity contribution in [2.45, 2.75) is 31.1 Å². The molecule has 0 spiro atoms. The lowest BCUT2D eigenvalue weighted by Gasteiger charge is -2.17. The van der Waals surface area contributed by atoms with Crippen molar-refractivity contribution in [2.24, 2.45) is 5.92 Å². The van der Waals surface area contributed by atoms with E-state index < -0.39 is 46.1 Å². The molecule has 1 heterocycles. The molecule has 0 saturated carbocycles. The summed E-state index contributed by atoms with van der Waals surface area (Å²) in [4.78, 5) is 23.7. The van der Waals surface area contributed by atoms with Gasteiger partial charge in [-0.05, 0) is 60.5 Å². The summed E-state index contributed by atoms with van der Waals surface area (Å²) in [7, 11) is -4.15. The third-order valence-corrected chi connectivity index (χ3v) is 7.01. The predicted octanol–water partition coefficient (Wildman–Crippen LogP) is 5.52. The van der Waals surface area contributed by atoms with Crippen molar-refractivity contribution >= 4 is 55.3 Å². The number of halogens is 3. The largest absolute Gasteiger partial charge is 0.573 e. The maximum absolute atomic E-state index is 12.8. The van der Waals surface area contributed by atoms with Gasteiger partial charge in [-0.3, -0.25) is 4.79 Å². The van der Waals surface area contributed by atoms with E-state index in [1.807, 2.05) is 0 Å². The molecule has 0 aliphatic carbocycles. The number of rotatable bonds is 8. The van der Waals surface area contributed by atoms with Crippen molar-refractivity contribution in [3.05, 3.63) is 60.7 Å². The number of amides is 2. The average Bonchev–Trinajstić information content (AvgIpc) is 3.19. The van der Waals surface area contributed by atoms with E-state index in [0.717, 1.165) is 12.1 Å². The average molecular weight is 566 g/mol. The van der Waals surface area contributed by atoms with Crippen LogP contribution in [0.15, 0.2) is 70.0 Å². The molecule has 14 heteroatoms. The summed E-state index contributed by atoms with van der Waals surface area (Å²) in [6.45, 7) is 3.17. The van der Waals surface area contributed by atoms with Gasteiger partial charge in [-0.25, -0.2) is 13.2 Å². The molecule has 4 aromatic rings. The molecule has 0 aliphatic heterocycles. The first-order chi connectivity index (χ1) is 18.2. The Morgan fingerprint density at radius 2 is 1.54 bits per heavy atom. The summed E-state index contributed by atoms with van der Waals surface area (Å²) in [6.07, 6.45) is -4.83. The van der Waals surface area contributed by atoms with Crippen LogP contribution in [0.1, 0.15) is 13.8 Å². The third kappa shape index (κ3) is 6.59. The van der Waals surface area contributed by atoms with Gasteiger partial charge in [0, 0.05) is 28.2 Å². The molecule has 0 bridgehead atoms. The molecule has 4 N–H and O–H groups in total. The number of fused-ring (bicyclic) bond motifs is 3. The molecular formula is C25H22F3N3O7S. The predicted molar refractivity (Wildman–Crippen MR) is 136 cm³/mol. The van der Waals surface area contributed by atoms with E-state index in [-0.39, 0.29) is 10.6 Å². The number of anilines is 2. The number of aliphatic carboxylic acids is 1. The quantitative estimate of drug-likeness (QED) is 0.220. The van der Waals surface area contributed by atoms with Gasteiger partial charge >= 0.3 is 18.4 Å². The lowest BCUT2D eigenvalue weighted by Crippen LogP contribution is -2.44. The first-order valence-corrected chi connectivity index (χ1v) is 12.9. The van der Waals surface area contributed by atoms with Crippen LogP contribution in [0.4, 0.5) is 29.3 Å². The molecular weight excluding hydrogens is 543 g/mol. The summed E-state index contributed by atoms with van der Waals surface area (Å²) in [5.74, 6) is -2.21. The van der Waals surface area contributed by atoms with Crippen LogP contribution in [0, 0.1) is 5.92 Å². The standard InChI is InChI=1S/C25H22F3N3O7S/c1-13(2)22(23(32)33)31-39(35,36)17-8-10-20-19(12-17)18-9-5-15(11-21(18)37-20)30-24(34)29-14-3-6-16(7-4-14)38-25(26,27)28/h3-13,22,31H,1-2H3,(H,32,33)(H2,29,30,34)/t22-/m0/s1. The minimum Gasteiger partial charge on any atom is -0.480 e.